The zero-order valence-electron chi connectivity index (χ0n) is 9.15. The Hall–Kier alpha value is -0.450. The number of hydrogen-bond donors (Lipinski definition) is 1. The summed E-state index contributed by atoms with van der Waals surface area (Å²) in [5.41, 5.74) is 0. The van der Waals surface area contributed by atoms with Crippen molar-refractivity contribution >= 4 is 11.3 Å². The quantitative estimate of drug-likeness (QED) is 0.847. The van der Waals surface area contributed by atoms with Crippen LogP contribution in [0.15, 0.2) is 6.20 Å². The van der Waals surface area contributed by atoms with Gasteiger partial charge in [0.15, 0.2) is 0 Å². The number of aryl methyl sites for hydroxylation is 1. The number of aliphatic hydroxyl groups excluding tert-OH is 1. The van der Waals surface area contributed by atoms with E-state index in [1.54, 1.807) is 11.3 Å². The number of nitrogens with zero attached hydrogens (tertiary/aromatic N) is 2. The SMILES string of the molecule is Cc1ncc(CCN2CCC(O)CC2)s1. The Bertz CT molecular complexity index is 305. The minimum absolute atomic E-state index is 0.0631. The molecule has 0 atom stereocenters. The first-order valence-corrected chi connectivity index (χ1v) is 6.37. The predicted molar refractivity (Wildman–Crippen MR) is 62.2 cm³/mol. The molecule has 84 valence electrons. The number of likely N-dealkylation sites (tertiary alicyclic amines) is 1. The summed E-state index contributed by atoms with van der Waals surface area (Å²) in [4.78, 5) is 8.06. The van der Waals surface area contributed by atoms with E-state index in [4.69, 9.17) is 0 Å². The predicted octanol–water partition coefficient (Wildman–Crippen LogP) is 1.45. The van der Waals surface area contributed by atoms with Crippen molar-refractivity contribution in [2.75, 3.05) is 19.6 Å². The summed E-state index contributed by atoms with van der Waals surface area (Å²) in [6, 6.07) is 0. The second-order valence-electron chi connectivity index (χ2n) is 4.17. The van der Waals surface area contributed by atoms with Crippen molar-refractivity contribution in [2.24, 2.45) is 0 Å². The van der Waals surface area contributed by atoms with E-state index >= 15 is 0 Å². The van der Waals surface area contributed by atoms with Gasteiger partial charge in [0.25, 0.3) is 0 Å². The molecular weight excluding hydrogens is 208 g/mol. The molecule has 1 aliphatic heterocycles. The molecule has 1 aromatic rings. The van der Waals surface area contributed by atoms with Crippen molar-refractivity contribution in [3.8, 4) is 0 Å². The molecule has 2 heterocycles. The fourth-order valence-electron chi connectivity index (χ4n) is 1.93. The maximum atomic E-state index is 9.38. The molecule has 2 rings (SSSR count). The Morgan fingerprint density at radius 2 is 2.27 bits per heavy atom. The van der Waals surface area contributed by atoms with Gasteiger partial charge < -0.3 is 10.0 Å². The van der Waals surface area contributed by atoms with Gasteiger partial charge in [0, 0.05) is 30.7 Å². The lowest BCUT2D eigenvalue weighted by molar-refractivity contribution is 0.0833. The van der Waals surface area contributed by atoms with Crippen LogP contribution in [-0.4, -0.2) is 40.7 Å². The molecule has 0 aromatic carbocycles. The summed E-state index contributed by atoms with van der Waals surface area (Å²) >= 11 is 1.79. The molecule has 4 heteroatoms. The normalized spacial score (nSPS) is 19.6. The first kappa shape index (κ1) is 11.0. The molecule has 0 saturated carbocycles. The monoisotopic (exact) mass is 226 g/mol. The van der Waals surface area contributed by atoms with Crippen LogP contribution in [0, 0.1) is 6.92 Å². The molecule has 0 aliphatic carbocycles. The number of rotatable bonds is 3. The first-order chi connectivity index (χ1) is 7.24. The van der Waals surface area contributed by atoms with Crippen LogP contribution in [0.2, 0.25) is 0 Å². The molecule has 0 spiro atoms. The van der Waals surface area contributed by atoms with E-state index in [1.165, 1.54) is 4.88 Å². The average molecular weight is 226 g/mol. The van der Waals surface area contributed by atoms with Crippen molar-refractivity contribution in [3.05, 3.63) is 16.1 Å². The lowest BCUT2D eigenvalue weighted by Gasteiger charge is -2.29. The zero-order valence-corrected chi connectivity index (χ0v) is 9.96. The Labute approximate surface area is 94.8 Å². The third-order valence-electron chi connectivity index (χ3n) is 2.90. The maximum absolute atomic E-state index is 9.38. The number of hydrogen-bond acceptors (Lipinski definition) is 4. The Kier molecular flexibility index (Phi) is 3.72. The number of thiazole rings is 1. The summed E-state index contributed by atoms with van der Waals surface area (Å²) in [6.45, 7) is 5.23. The molecule has 0 amide bonds. The largest absolute Gasteiger partial charge is 0.393 e. The minimum Gasteiger partial charge on any atom is -0.393 e. The Balaban J connectivity index is 1.74. The first-order valence-electron chi connectivity index (χ1n) is 5.56. The Morgan fingerprint density at radius 3 is 2.87 bits per heavy atom. The van der Waals surface area contributed by atoms with Crippen molar-refractivity contribution in [1.82, 2.24) is 9.88 Å². The van der Waals surface area contributed by atoms with Gasteiger partial charge in [0.2, 0.25) is 0 Å². The summed E-state index contributed by atoms with van der Waals surface area (Å²) in [5.74, 6) is 0. The van der Waals surface area contributed by atoms with Crippen molar-refractivity contribution in [1.29, 1.82) is 0 Å². The number of aromatic nitrogens is 1. The smallest absolute Gasteiger partial charge is 0.0896 e. The van der Waals surface area contributed by atoms with Crippen molar-refractivity contribution in [2.45, 2.75) is 32.3 Å². The molecule has 0 radical (unpaired) electrons. The second-order valence-corrected chi connectivity index (χ2v) is 5.49. The van der Waals surface area contributed by atoms with Crippen LogP contribution in [0.4, 0.5) is 0 Å². The molecule has 0 bridgehead atoms. The highest BCUT2D eigenvalue weighted by molar-refractivity contribution is 7.11. The maximum Gasteiger partial charge on any atom is 0.0896 e. The highest BCUT2D eigenvalue weighted by Crippen LogP contribution is 2.14. The number of piperidine rings is 1. The molecule has 1 saturated heterocycles. The lowest BCUT2D eigenvalue weighted by Crippen LogP contribution is -2.36. The molecule has 1 N–H and O–H groups in total. The molecule has 1 aromatic heterocycles. The summed E-state index contributed by atoms with van der Waals surface area (Å²) in [7, 11) is 0. The van der Waals surface area contributed by atoms with Crippen LogP contribution in [0.25, 0.3) is 0 Å². The number of aliphatic hydroxyl groups is 1. The van der Waals surface area contributed by atoms with Crippen molar-refractivity contribution in [3.63, 3.8) is 0 Å². The zero-order chi connectivity index (χ0) is 10.7. The standard InChI is InChI=1S/C11H18N2OS/c1-9-12-8-11(15-9)4-7-13-5-2-10(14)3-6-13/h8,10,14H,2-7H2,1H3. The van der Waals surface area contributed by atoms with E-state index in [2.05, 4.69) is 9.88 Å². The summed E-state index contributed by atoms with van der Waals surface area (Å²) in [6.07, 6.45) is 4.89. The summed E-state index contributed by atoms with van der Waals surface area (Å²) in [5, 5.41) is 10.5. The van der Waals surface area contributed by atoms with Gasteiger partial charge in [-0.05, 0) is 26.2 Å². The molecule has 1 fully saturated rings. The molecule has 15 heavy (non-hydrogen) atoms. The van der Waals surface area contributed by atoms with E-state index in [9.17, 15) is 5.11 Å². The van der Waals surface area contributed by atoms with E-state index in [0.717, 1.165) is 43.9 Å². The van der Waals surface area contributed by atoms with E-state index in [1.807, 2.05) is 13.1 Å². The van der Waals surface area contributed by atoms with Gasteiger partial charge in [-0.2, -0.15) is 0 Å². The van der Waals surface area contributed by atoms with Crippen LogP contribution < -0.4 is 0 Å². The van der Waals surface area contributed by atoms with Crippen LogP contribution in [0.1, 0.15) is 22.7 Å². The van der Waals surface area contributed by atoms with Gasteiger partial charge in [0.05, 0.1) is 11.1 Å². The average Bonchev–Trinajstić information content (AvgIpc) is 2.64. The van der Waals surface area contributed by atoms with Gasteiger partial charge in [-0.25, -0.2) is 4.98 Å². The van der Waals surface area contributed by atoms with E-state index in [0.29, 0.717) is 0 Å². The fraction of sp³-hybridized carbons (Fsp3) is 0.727. The lowest BCUT2D eigenvalue weighted by atomic mass is 10.1. The van der Waals surface area contributed by atoms with Gasteiger partial charge >= 0.3 is 0 Å². The van der Waals surface area contributed by atoms with Gasteiger partial charge in [-0.1, -0.05) is 0 Å². The molecule has 3 nitrogen and oxygen atoms in total. The van der Waals surface area contributed by atoms with Crippen molar-refractivity contribution < 1.29 is 5.11 Å². The topological polar surface area (TPSA) is 36.4 Å². The highest BCUT2D eigenvalue weighted by atomic mass is 32.1. The van der Waals surface area contributed by atoms with E-state index < -0.39 is 0 Å². The highest BCUT2D eigenvalue weighted by Gasteiger charge is 2.16. The van der Waals surface area contributed by atoms with Crippen LogP contribution in [0.3, 0.4) is 0 Å². The Morgan fingerprint density at radius 1 is 1.53 bits per heavy atom. The van der Waals surface area contributed by atoms with Gasteiger partial charge in [0.1, 0.15) is 0 Å². The minimum atomic E-state index is -0.0631. The van der Waals surface area contributed by atoms with Crippen LogP contribution >= 0.6 is 11.3 Å². The molecular formula is C11H18N2OS. The summed E-state index contributed by atoms with van der Waals surface area (Å²) < 4.78 is 0. The third kappa shape index (κ3) is 3.26. The van der Waals surface area contributed by atoms with Crippen LogP contribution in [-0.2, 0) is 6.42 Å². The fourth-order valence-corrected chi connectivity index (χ4v) is 2.72. The molecule has 0 unspecified atom stereocenters. The third-order valence-corrected chi connectivity index (χ3v) is 3.87. The van der Waals surface area contributed by atoms with Gasteiger partial charge in [-0.15, -0.1) is 11.3 Å². The van der Waals surface area contributed by atoms with Gasteiger partial charge in [-0.3, -0.25) is 0 Å². The van der Waals surface area contributed by atoms with E-state index in [-0.39, 0.29) is 6.10 Å². The second kappa shape index (κ2) is 5.05. The molecule has 1 aliphatic rings. The van der Waals surface area contributed by atoms with Crippen LogP contribution in [0.5, 0.6) is 0 Å².